The third-order valence-electron chi connectivity index (χ3n) is 3.63. The van der Waals surface area contributed by atoms with Crippen LogP contribution in [0, 0.1) is 0 Å². The maximum absolute atomic E-state index is 9.75. The van der Waals surface area contributed by atoms with Gasteiger partial charge in [-0.15, -0.1) is 0 Å². The number of aliphatic hydroxyl groups is 4. The third-order valence-corrected chi connectivity index (χ3v) is 3.63. The quantitative estimate of drug-likeness (QED) is 0.452. The predicted molar refractivity (Wildman–Crippen MR) is 73.1 cm³/mol. The van der Waals surface area contributed by atoms with E-state index in [0.29, 0.717) is 6.61 Å². The van der Waals surface area contributed by atoms with Crippen molar-refractivity contribution in [2.75, 3.05) is 13.2 Å². The molecule has 0 unspecified atom stereocenters. The van der Waals surface area contributed by atoms with Gasteiger partial charge in [0, 0.05) is 6.61 Å². The van der Waals surface area contributed by atoms with E-state index in [2.05, 4.69) is 6.92 Å². The summed E-state index contributed by atoms with van der Waals surface area (Å²) in [6, 6.07) is 0. The van der Waals surface area contributed by atoms with Gasteiger partial charge in [-0.3, -0.25) is 0 Å². The molecule has 0 aromatic heterocycles. The van der Waals surface area contributed by atoms with Gasteiger partial charge in [0.2, 0.25) is 0 Å². The molecule has 1 saturated heterocycles. The van der Waals surface area contributed by atoms with Gasteiger partial charge in [0.15, 0.2) is 6.29 Å². The van der Waals surface area contributed by atoms with Crippen LogP contribution >= 0.6 is 0 Å². The molecular formula is C14H28O6. The summed E-state index contributed by atoms with van der Waals surface area (Å²) in [6.45, 7) is 2.17. The Morgan fingerprint density at radius 3 is 2.20 bits per heavy atom. The summed E-state index contributed by atoms with van der Waals surface area (Å²) in [7, 11) is 0. The first-order chi connectivity index (χ1) is 9.61. The first-order valence-corrected chi connectivity index (χ1v) is 7.54. The van der Waals surface area contributed by atoms with Gasteiger partial charge in [-0.1, -0.05) is 39.0 Å². The molecule has 0 aliphatic carbocycles. The van der Waals surface area contributed by atoms with Crippen LogP contribution in [0.15, 0.2) is 0 Å². The van der Waals surface area contributed by atoms with Crippen molar-refractivity contribution in [1.29, 1.82) is 0 Å². The molecule has 6 nitrogen and oxygen atoms in total. The summed E-state index contributed by atoms with van der Waals surface area (Å²) in [5.41, 5.74) is 0. The summed E-state index contributed by atoms with van der Waals surface area (Å²) in [5.74, 6) is 0. The fraction of sp³-hybridized carbons (Fsp3) is 1.00. The van der Waals surface area contributed by atoms with Crippen molar-refractivity contribution in [2.24, 2.45) is 0 Å². The van der Waals surface area contributed by atoms with Crippen molar-refractivity contribution >= 4 is 0 Å². The van der Waals surface area contributed by atoms with E-state index in [1.807, 2.05) is 0 Å². The van der Waals surface area contributed by atoms with Gasteiger partial charge in [0.1, 0.15) is 24.4 Å². The van der Waals surface area contributed by atoms with Gasteiger partial charge in [0.25, 0.3) is 0 Å². The lowest BCUT2D eigenvalue weighted by atomic mass is 9.99. The van der Waals surface area contributed by atoms with Crippen LogP contribution in [0.3, 0.4) is 0 Å². The largest absolute Gasteiger partial charge is 0.394 e. The zero-order valence-electron chi connectivity index (χ0n) is 12.1. The van der Waals surface area contributed by atoms with Gasteiger partial charge >= 0.3 is 0 Å². The van der Waals surface area contributed by atoms with Gasteiger partial charge in [-0.25, -0.2) is 0 Å². The van der Waals surface area contributed by atoms with Crippen molar-refractivity contribution in [2.45, 2.75) is 76.2 Å². The highest BCUT2D eigenvalue weighted by Gasteiger charge is 2.43. The molecule has 0 aromatic carbocycles. The van der Waals surface area contributed by atoms with Crippen LogP contribution in [-0.2, 0) is 9.47 Å². The number of ether oxygens (including phenoxy) is 2. The average Bonchev–Trinajstić information content (AvgIpc) is 2.46. The zero-order valence-corrected chi connectivity index (χ0v) is 12.1. The zero-order chi connectivity index (χ0) is 15.0. The molecule has 0 saturated carbocycles. The van der Waals surface area contributed by atoms with E-state index < -0.39 is 37.3 Å². The lowest BCUT2D eigenvalue weighted by Gasteiger charge is -2.39. The standard InChI is InChI=1S/C14H28O6/c1-2-3-4-5-6-7-8-19-14-13(18)12(17)11(16)10(9-15)20-14/h10-18H,2-9H2,1H3/t10-,11+,12-,13-,14+/m1/s1. The van der Waals surface area contributed by atoms with Crippen LogP contribution in [0.1, 0.15) is 45.4 Å². The third kappa shape index (κ3) is 5.27. The summed E-state index contributed by atoms with van der Waals surface area (Å²) >= 11 is 0. The lowest BCUT2D eigenvalue weighted by molar-refractivity contribution is -0.301. The molecule has 1 aliphatic heterocycles. The predicted octanol–water partition coefficient (Wildman–Crippen LogP) is 0.163. The minimum absolute atomic E-state index is 0.425. The molecule has 6 heteroatoms. The molecular weight excluding hydrogens is 264 g/mol. The number of hydrogen-bond acceptors (Lipinski definition) is 6. The molecule has 4 N–H and O–H groups in total. The van der Waals surface area contributed by atoms with E-state index in [1.54, 1.807) is 0 Å². The molecule has 20 heavy (non-hydrogen) atoms. The Balaban J connectivity index is 2.21. The maximum atomic E-state index is 9.75. The summed E-state index contributed by atoms with van der Waals surface area (Å²) in [4.78, 5) is 0. The number of hydrogen-bond donors (Lipinski definition) is 4. The van der Waals surface area contributed by atoms with Crippen LogP contribution < -0.4 is 0 Å². The fourth-order valence-electron chi connectivity index (χ4n) is 2.29. The van der Waals surface area contributed by atoms with Crippen LogP contribution in [0.25, 0.3) is 0 Å². The second kappa shape index (κ2) is 9.65. The SMILES string of the molecule is CCCCCCCCO[C@H]1O[C@H](CO)[C@H](O)[C@@H](O)[C@H]1O. The van der Waals surface area contributed by atoms with E-state index in [4.69, 9.17) is 14.6 Å². The van der Waals surface area contributed by atoms with Crippen LogP contribution in [0.4, 0.5) is 0 Å². The highest BCUT2D eigenvalue weighted by molar-refractivity contribution is 4.88. The Morgan fingerprint density at radius 1 is 0.900 bits per heavy atom. The average molecular weight is 292 g/mol. The molecule has 1 fully saturated rings. The maximum Gasteiger partial charge on any atom is 0.186 e. The highest BCUT2D eigenvalue weighted by Crippen LogP contribution is 2.22. The van der Waals surface area contributed by atoms with E-state index in [0.717, 1.165) is 19.3 Å². The second-order valence-corrected chi connectivity index (χ2v) is 5.34. The van der Waals surface area contributed by atoms with E-state index >= 15 is 0 Å². The Labute approximate surface area is 120 Å². The van der Waals surface area contributed by atoms with Crippen molar-refractivity contribution in [3.63, 3.8) is 0 Å². The molecule has 5 atom stereocenters. The Bertz CT molecular complexity index is 248. The minimum Gasteiger partial charge on any atom is -0.394 e. The Morgan fingerprint density at radius 2 is 1.55 bits per heavy atom. The molecule has 1 aliphatic rings. The van der Waals surface area contributed by atoms with E-state index in [1.165, 1.54) is 19.3 Å². The topological polar surface area (TPSA) is 99.4 Å². The molecule has 0 aromatic rings. The Hall–Kier alpha value is -0.240. The van der Waals surface area contributed by atoms with E-state index in [9.17, 15) is 15.3 Å². The second-order valence-electron chi connectivity index (χ2n) is 5.34. The summed E-state index contributed by atoms with van der Waals surface area (Å²) < 4.78 is 10.6. The minimum atomic E-state index is -1.37. The van der Waals surface area contributed by atoms with Gasteiger partial charge < -0.3 is 29.9 Å². The van der Waals surface area contributed by atoms with Crippen LogP contribution in [0.2, 0.25) is 0 Å². The first kappa shape index (κ1) is 17.8. The lowest BCUT2D eigenvalue weighted by Crippen LogP contribution is -2.59. The highest BCUT2D eigenvalue weighted by atomic mass is 16.7. The smallest absolute Gasteiger partial charge is 0.186 e. The van der Waals surface area contributed by atoms with Gasteiger partial charge in [-0.05, 0) is 6.42 Å². The molecule has 0 bridgehead atoms. The summed E-state index contributed by atoms with van der Waals surface area (Å²) in [5, 5.41) is 38.0. The van der Waals surface area contributed by atoms with Gasteiger partial charge in [0.05, 0.1) is 6.61 Å². The number of aliphatic hydroxyl groups excluding tert-OH is 4. The monoisotopic (exact) mass is 292 g/mol. The molecule has 1 rings (SSSR count). The number of unbranched alkanes of at least 4 members (excludes halogenated alkanes) is 5. The van der Waals surface area contributed by atoms with Crippen LogP contribution in [-0.4, -0.2) is 64.3 Å². The molecule has 0 spiro atoms. The molecule has 0 radical (unpaired) electrons. The van der Waals surface area contributed by atoms with Crippen molar-refractivity contribution in [3.05, 3.63) is 0 Å². The Kier molecular flexibility index (Phi) is 8.60. The van der Waals surface area contributed by atoms with Crippen LogP contribution in [0.5, 0.6) is 0 Å². The normalized spacial score (nSPS) is 34.4. The fourth-order valence-corrected chi connectivity index (χ4v) is 2.29. The molecule has 0 amide bonds. The van der Waals surface area contributed by atoms with Crippen molar-refractivity contribution < 1.29 is 29.9 Å². The number of rotatable bonds is 9. The molecule has 120 valence electrons. The van der Waals surface area contributed by atoms with Crippen molar-refractivity contribution in [3.8, 4) is 0 Å². The summed E-state index contributed by atoms with van der Waals surface area (Å²) in [6.07, 6.45) is 0.851. The first-order valence-electron chi connectivity index (χ1n) is 7.54. The van der Waals surface area contributed by atoms with Gasteiger partial charge in [-0.2, -0.15) is 0 Å². The van der Waals surface area contributed by atoms with Crippen molar-refractivity contribution in [1.82, 2.24) is 0 Å². The van der Waals surface area contributed by atoms with E-state index in [-0.39, 0.29) is 0 Å². The molecule has 1 heterocycles.